The zero-order valence-electron chi connectivity index (χ0n) is 12.4. The Hall–Kier alpha value is -0.650. The van der Waals surface area contributed by atoms with Gasteiger partial charge in [-0.1, -0.05) is 6.92 Å². The summed E-state index contributed by atoms with van der Waals surface area (Å²) < 4.78 is 5.50. The van der Waals surface area contributed by atoms with Gasteiger partial charge < -0.3 is 19.9 Å². The van der Waals surface area contributed by atoms with Crippen molar-refractivity contribution < 1.29 is 9.53 Å². The minimum absolute atomic E-state index is 0.00251. The second-order valence-corrected chi connectivity index (χ2v) is 5.90. The van der Waals surface area contributed by atoms with E-state index in [0.717, 1.165) is 32.5 Å². The lowest BCUT2D eigenvalue weighted by Gasteiger charge is -2.30. The number of likely N-dealkylation sites (N-methyl/N-ethyl adjacent to an activating group) is 2. The zero-order valence-corrected chi connectivity index (χ0v) is 12.4. The summed E-state index contributed by atoms with van der Waals surface area (Å²) in [4.78, 5) is 17.0. The maximum absolute atomic E-state index is 12.7. The molecule has 19 heavy (non-hydrogen) atoms. The van der Waals surface area contributed by atoms with Gasteiger partial charge in [-0.05, 0) is 33.5 Å². The monoisotopic (exact) mass is 269 g/mol. The van der Waals surface area contributed by atoms with E-state index >= 15 is 0 Å². The van der Waals surface area contributed by atoms with Crippen molar-refractivity contribution in [2.75, 3.05) is 46.9 Å². The molecule has 2 aliphatic rings. The summed E-state index contributed by atoms with van der Waals surface area (Å²) in [6.07, 6.45) is 2.26. The number of hydrogen-bond donors (Lipinski definition) is 1. The molecule has 5 heteroatoms. The van der Waals surface area contributed by atoms with Gasteiger partial charge >= 0.3 is 0 Å². The van der Waals surface area contributed by atoms with Gasteiger partial charge in [-0.25, -0.2) is 0 Å². The van der Waals surface area contributed by atoms with E-state index in [1.165, 1.54) is 0 Å². The van der Waals surface area contributed by atoms with Gasteiger partial charge in [0.05, 0.1) is 19.1 Å². The fourth-order valence-corrected chi connectivity index (χ4v) is 3.21. The van der Waals surface area contributed by atoms with Gasteiger partial charge in [0.25, 0.3) is 0 Å². The lowest BCUT2D eigenvalue weighted by atomic mass is 10.0. The minimum atomic E-state index is 0.00251. The third-order valence-corrected chi connectivity index (χ3v) is 4.10. The molecule has 2 aliphatic heterocycles. The molecule has 2 fully saturated rings. The number of likely N-dealkylation sites (tertiary alicyclic amines) is 1. The van der Waals surface area contributed by atoms with Gasteiger partial charge in [-0.15, -0.1) is 0 Å². The molecule has 0 saturated carbocycles. The highest BCUT2D eigenvalue weighted by Gasteiger charge is 2.39. The predicted molar refractivity (Wildman–Crippen MR) is 75.1 cm³/mol. The zero-order chi connectivity index (χ0) is 13.8. The third-order valence-electron chi connectivity index (χ3n) is 4.10. The Bertz CT molecular complexity index is 309. The van der Waals surface area contributed by atoms with E-state index in [0.29, 0.717) is 19.3 Å². The van der Waals surface area contributed by atoms with Crippen molar-refractivity contribution in [3.05, 3.63) is 0 Å². The first-order chi connectivity index (χ1) is 9.13. The van der Waals surface area contributed by atoms with Crippen molar-refractivity contribution >= 4 is 5.91 Å². The van der Waals surface area contributed by atoms with Gasteiger partial charge in [0, 0.05) is 25.2 Å². The average Bonchev–Trinajstić information content (AvgIpc) is 2.97. The largest absolute Gasteiger partial charge is 0.379 e. The third kappa shape index (κ3) is 3.46. The Morgan fingerprint density at radius 2 is 2.21 bits per heavy atom. The standard InChI is InChI=1S/C14H27N3O2/c1-4-15-13-10-19-9-12(13)14(18)17-7-5-6-11(17)8-16(2)3/h11-13,15H,4-10H2,1-3H3. The average molecular weight is 269 g/mol. The quantitative estimate of drug-likeness (QED) is 0.772. The molecule has 1 N–H and O–H groups in total. The van der Waals surface area contributed by atoms with Crippen LogP contribution in [-0.2, 0) is 9.53 Å². The fourth-order valence-electron chi connectivity index (χ4n) is 3.21. The molecular formula is C14H27N3O2. The molecule has 110 valence electrons. The maximum Gasteiger partial charge on any atom is 0.229 e. The first-order valence-electron chi connectivity index (χ1n) is 7.39. The topological polar surface area (TPSA) is 44.8 Å². The summed E-state index contributed by atoms with van der Waals surface area (Å²) >= 11 is 0. The number of amides is 1. The van der Waals surface area contributed by atoms with E-state index in [1.54, 1.807) is 0 Å². The first-order valence-corrected chi connectivity index (χ1v) is 7.39. The summed E-state index contributed by atoms with van der Waals surface area (Å²) in [5.74, 6) is 0.288. The van der Waals surface area contributed by atoms with Gasteiger partial charge in [-0.3, -0.25) is 4.79 Å². The molecule has 0 aromatic rings. The van der Waals surface area contributed by atoms with Crippen LogP contribution in [0.3, 0.4) is 0 Å². The molecule has 3 atom stereocenters. The lowest BCUT2D eigenvalue weighted by molar-refractivity contribution is -0.137. The number of carbonyl (C=O) groups is 1. The number of nitrogens with one attached hydrogen (secondary N) is 1. The Balaban J connectivity index is 1.97. The SMILES string of the molecule is CCNC1COCC1C(=O)N1CCCC1CN(C)C. The van der Waals surface area contributed by atoms with Gasteiger partial charge in [0.15, 0.2) is 0 Å². The molecule has 2 rings (SSSR count). The van der Waals surface area contributed by atoms with Crippen LogP contribution in [0.1, 0.15) is 19.8 Å². The summed E-state index contributed by atoms with van der Waals surface area (Å²) in [6, 6.07) is 0.573. The van der Waals surface area contributed by atoms with E-state index in [-0.39, 0.29) is 17.9 Å². The summed E-state index contributed by atoms with van der Waals surface area (Å²) in [6.45, 7) is 6.07. The van der Waals surface area contributed by atoms with Crippen molar-refractivity contribution in [2.45, 2.75) is 31.8 Å². The van der Waals surface area contributed by atoms with Crippen LogP contribution < -0.4 is 5.32 Å². The molecular weight excluding hydrogens is 242 g/mol. The van der Waals surface area contributed by atoms with E-state index in [2.05, 4.69) is 36.1 Å². The predicted octanol–water partition coefficient (Wildman–Crippen LogP) is 0.164. The molecule has 0 radical (unpaired) electrons. The van der Waals surface area contributed by atoms with E-state index in [4.69, 9.17) is 4.74 Å². The second-order valence-electron chi connectivity index (χ2n) is 5.90. The van der Waals surface area contributed by atoms with Crippen LogP contribution in [0.25, 0.3) is 0 Å². The highest BCUT2D eigenvalue weighted by molar-refractivity contribution is 5.80. The Kier molecular flexibility index (Phi) is 5.19. The molecule has 0 aromatic heterocycles. The smallest absolute Gasteiger partial charge is 0.229 e. The fraction of sp³-hybridized carbons (Fsp3) is 0.929. The molecule has 2 saturated heterocycles. The number of carbonyl (C=O) groups excluding carboxylic acids is 1. The normalized spacial score (nSPS) is 31.4. The number of nitrogens with zero attached hydrogens (tertiary/aromatic N) is 2. The Morgan fingerprint density at radius 3 is 2.89 bits per heavy atom. The van der Waals surface area contributed by atoms with Crippen molar-refractivity contribution in [1.82, 2.24) is 15.1 Å². The number of hydrogen-bond acceptors (Lipinski definition) is 4. The lowest BCUT2D eigenvalue weighted by Crippen LogP contribution is -2.49. The number of ether oxygens (including phenoxy) is 1. The molecule has 0 spiro atoms. The summed E-state index contributed by atoms with van der Waals surface area (Å²) in [5, 5.41) is 3.37. The minimum Gasteiger partial charge on any atom is -0.379 e. The highest BCUT2D eigenvalue weighted by atomic mass is 16.5. The van der Waals surface area contributed by atoms with Crippen molar-refractivity contribution in [3.63, 3.8) is 0 Å². The summed E-state index contributed by atoms with van der Waals surface area (Å²) in [5.41, 5.74) is 0. The van der Waals surface area contributed by atoms with E-state index in [1.807, 2.05) is 0 Å². The molecule has 0 aliphatic carbocycles. The van der Waals surface area contributed by atoms with E-state index < -0.39 is 0 Å². The van der Waals surface area contributed by atoms with Crippen LogP contribution in [0.4, 0.5) is 0 Å². The van der Waals surface area contributed by atoms with Crippen LogP contribution in [0, 0.1) is 5.92 Å². The van der Waals surface area contributed by atoms with Crippen LogP contribution in [-0.4, -0.2) is 74.7 Å². The van der Waals surface area contributed by atoms with Gasteiger partial charge in [0.1, 0.15) is 0 Å². The Labute approximate surface area is 116 Å². The van der Waals surface area contributed by atoms with Crippen LogP contribution in [0.5, 0.6) is 0 Å². The second kappa shape index (κ2) is 6.68. The molecule has 1 amide bonds. The molecule has 0 aromatic carbocycles. The highest BCUT2D eigenvalue weighted by Crippen LogP contribution is 2.24. The van der Waals surface area contributed by atoms with Gasteiger partial charge in [-0.2, -0.15) is 0 Å². The van der Waals surface area contributed by atoms with Crippen LogP contribution in [0.15, 0.2) is 0 Å². The number of rotatable bonds is 5. The van der Waals surface area contributed by atoms with E-state index in [9.17, 15) is 4.79 Å². The van der Waals surface area contributed by atoms with Crippen molar-refractivity contribution in [2.24, 2.45) is 5.92 Å². The van der Waals surface area contributed by atoms with Crippen molar-refractivity contribution in [3.8, 4) is 0 Å². The molecule has 2 heterocycles. The molecule has 3 unspecified atom stereocenters. The molecule has 0 bridgehead atoms. The first kappa shape index (κ1) is 14.8. The Morgan fingerprint density at radius 1 is 1.42 bits per heavy atom. The molecule has 5 nitrogen and oxygen atoms in total. The van der Waals surface area contributed by atoms with Crippen LogP contribution in [0.2, 0.25) is 0 Å². The maximum atomic E-state index is 12.7. The van der Waals surface area contributed by atoms with Gasteiger partial charge in [0.2, 0.25) is 5.91 Å². The van der Waals surface area contributed by atoms with Crippen molar-refractivity contribution in [1.29, 1.82) is 0 Å². The van der Waals surface area contributed by atoms with Crippen LogP contribution >= 0.6 is 0 Å². The summed E-state index contributed by atoms with van der Waals surface area (Å²) in [7, 11) is 4.14.